The molecule has 0 bridgehead atoms. The number of anilines is 2. The van der Waals surface area contributed by atoms with Crippen molar-refractivity contribution in [3.63, 3.8) is 0 Å². The molecule has 1 amide bonds. The average Bonchev–Trinajstić information content (AvgIpc) is 3.11. The van der Waals surface area contributed by atoms with E-state index in [9.17, 15) is 4.79 Å². The van der Waals surface area contributed by atoms with Crippen molar-refractivity contribution in [3.05, 3.63) is 52.1 Å². The lowest BCUT2D eigenvalue weighted by molar-refractivity contribution is 0.0857. The van der Waals surface area contributed by atoms with E-state index < -0.39 is 0 Å². The lowest BCUT2D eigenvalue weighted by Crippen LogP contribution is -2.31. The van der Waals surface area contributed by atoms with E-state index >= 15 is 0 Å². The maximum atomic E-state index is 12.3. The maximum Gasteiger partial charge on any atom is 0.251 e. The lowest BCUT2D eigenvalue weighted by Gasteiger charge is -2.12. The van der Waals surface area contributed by atoms with Gasteiger partial charge in [-0.25, -0.2) is 4.98 Å². The molecule has 1 saturated heterocycles. The third kappa shape index (κ3) is 4.17. The van der Waals surface area contributed by atoms with Crippen LogP contribution in [0.2, 0.25) is 10.0 Å². The summed E-state index contributed by atoms with van der Waals surface area (Å²) in [5.74, 6) is 0.358. The van der Waals surface area contributed by atoms with Crippen LogP contribution in [0.4, 0.5) is 11.5 Å². The quantitative estimate of drug-likeness (QED) is 0.838. The first-order valence-electron chi connectivity index (χ1n) is 7.70. The fraction of sp³-hybridized carbons (Fsp3) is 0.294. The summed E-state index contributed by atoms with van der Waals surface area (Å²) < 4.78 is 5.50. The van der Waals surface area contributed by atoms with Crippen LogP contribution in [0.25, 0.3) is 0 Å². The predicted octanol–water partition coefficient (Wildman–Crippen LogP) is 4.04. The van der Waals surface area contributed by atoms with E-state index in [1.54, 1.807) is 36.5 Å². The number of hydrogen-bond acceptors (Lipinski definition) is 4. The average molecular weight is 366 g/mol. The highest BCUT2D eigenvalue weighted by Crippen LogP contribution is 2.31. The normalized spacial score (nSPS) is 16.8. The van der Waals surface area contributed by atoms with Gasteiger partial charge in [0, 0.05) is 24.9 Å². The molecular weight excluding hydrogens is 349 g/mol. The van der Waals surface area contributed by atoms with E-state index in [1.807, 2.05) is 0 Å². The topological polar surface area (TPSA) is 63.2 Å². The Morgan fingerprint density at radius 1 is 1.33 bits per heavy atom. The lowest BCUT2D eigenvalue weighted by atomic mass is 10.2. The van der Waals surface area contributed by atoms with Gasteiger partial charge < -0.3 is 15.4 Å². The fourth-order valence-corrected chi connectivity index (χ4v) is 2.84. The number of aromatic nitrogens is 1. The van der Waals surface area contributed by atoms with E-state index in [0.717, 1.165) is 19.4 Å². The molecule has 1 unspecified atom stereocenters. The van der Waals surface area contributed by atoms with Crippen molar-refractivity contribution in [2.45, 2.75) is 18.9 Å². The van der Waals surface area contributed by atoms with E-state index in [0.29, 0.717) is 33.7 Å². The van der Waals surface area contributed by atoms with Gasteiger partial charge in [-0.05, 0) is 37.1 Å². The molecule has 2 aromatic rings. The molecule has 1 atom stereocenters. The summed E-state index contributed by atoms with van der Waals surface area (Å²) in [6.07, 6.45) is 3.71. The van der Waals surface area contributed by atoms with Gasteiger partial charge in [0.1, 0.15) is 5.82 Å². The summed E-state index contributed by atoms with van der Waals surface area (Å²) in [5, 5.41) is 6.82. The second-order valence-electron chi connectivity index (χ2n) is 5.50. The zero-order chi connectivity index (χ0) is 16.9. The van der Waals surface area contributed by atoms with Crippen molar-refractivity contribution in [2.75, 3.05) is 18.5 Å². The highest BCUT2D eigenvalue weighted by molar-refractivity contribution is 6.43. The Bertz CT molecular complexity index is 734. The van der Waals surface area contributed by atoms with Crippen molar-refractivity contribution in [1.82, 2.24) is 10.3 Å². The molecule has 3 rings (SSSR count). The first kappa shape index (κ1) is 17.0. The van der Waals surface area contributed by atoms with Crippen LogP contribution in [-0.2, 0) is 4.74 Å². The Balaban J connectivity index is 1.67. The molecule has 0 aliphatic carbocycles. The van der Waals surface area contributed by atoms with Gasteiger partial charge in [0.2, 0.25) is 0 Å². The van der Waals surface area contributed by atoms with Gasteiger partial charge in [-0.2, -0.15) is 0 Å². The number of ether oxygens (including phenoxy) is 1. The molecule has 5 nitrogen and oxygen atoms in total. The first-order valence-corrected chi connectivity index (χ1v) is 8.46. The predicted molar refractivity (Wildman–Crippen MR) is 95.3 cm³/mol. The number of carbonyl (C=O) groups excluding carboxylic acids is 1. The Morgan fingerprint density at radius 2 is 2.21 bits per heavy atom. The van der Waals surface area contributed by atoms with Gasteiger partial charge in [-0.1, -0.05) is 29.3 Å². The number of halogens is 2. The zero-order valence-electron chi connectivity index (χ0n) is 12.9. The van der Waals surface area contributed by atoms with Crippen LogP contribution in [0.3, 0.4) is 0 Å². The molecule has 126 valence electrons. The SMILES string of the molecule is O=C(NCC1CCCO1)c1ccnc(Nc2cccc(Cl)c2Cl)c1. The van der Waals surface area contributed by atoms with Crippen LogP contribution < -0.4 is 10.6 Å². The highest BCUT2D eigenvalue weighted by atomic mass is 35.5. The zero-order valence-corrected chi connectivity index (χ0v) is 14.4. The minimum absolute atomic E-state index is 0.110. The number of benzene rings is 1. The monoisotopic (exact) mass is 365 g/mol. The van der Waals surface area contributed by atoms with Gasteiger partial charge in [-0.3, -0.25) is 4.79 Å². The summed E-state index contributed by atoms with van der Waals surface area (Å²) in [6, 6.07) is 8.61. The Labute approximate surface area is 150 Å². The molecule has 0 spiro atoms. The molecular formula is C17H17Cl2N3O2. The third-order valence-electron chi connectivity index (χ3n) is 3.75. The van der Waals surface area contributed by atoms with Crippen LogP contribution in [0.5, 0.6) is 0 Å². The number of nitrogens with zero attached hydrogens (tertiary/aromatic N) is 1. The molecule has 1 aliphatic heterocycles. The van der Waals surface area contributed by atoms with E-state index in [2.05, 4.69) is 15.6 Å². The number of nitrogens with one attached hydrogen (secondary N) is 2. The van der Waals surface area contributed by atoms with Crippen LogP contribution in [-0.4, -0.2) is 30.1 Å². The third-order valence-corrected chi connectivity index (χ3v) is 4.57. The van der Waals surface area contributed by atoms with Crippen LogP contribution in [0, 0.1) is 0 Å². The molecule has 1 aromatic heterocycles. The van der Waals surface area contributed by atoms with E-state index in [1.165, 1.54) is 0 Å². The van der Waals surface area contributed by atoms with Gasteiger partial charge in [0.15, 0.2) is 0 Å². The first-order chi connectivity index (χ1) is 11.6. The highest BCUT2D eigenvalue weighted by Gasteiger charge is 2.17. The Hall–Kier alpha value is -1.82. The number of rotatable bonds is 5. The summed E-state index contributed by atoms with van der Waals surface area (Å²) in [4.78, 5) is 16.5. The van der Waals surface area contributed by atoms with Gasteiger partial charge >= 0.3 is 0 Å². The molecule has 1 fully saturated rings. The Morgan fingerprint density at radius 3 is 3.00 bits per heavy atom. The molecule has 2 heterocycles. The maximum absolute atomic E-state index is 12.3. The standard InChI is InChI=1S/C17H17Cl2N3O2/c18-13-4-1-5-14(16(13)19)22-15-9-11(6-7-20-15)17(23)21-10-12-3-2-8-24-12/h1,4-7,9,12H,2-3,8,10H2,(H,20,22)(H,21,23). The van der Waals surface area contributed by atoms with E-state index in [-0.39, 0.29) is 12.0 Å². The minimum Gasteiger partial charge on any atom is -0.376 e. The molecule has 0 radical (unpaired) electrons. The molecule has 0 saturated carbocycles. The van der Waals surface area contributed by atoms with Crippen LogP contribution in [0.15, 0.2) is 36.5 Å². The molecule has 1 aliphatic rings. The number of pyridine rings is 1. The largest absolute Gasteiger partial charge is 0.376 e. The molecule has 1 aromatic carbocycles. The van der Waals surface area contributed by atoms with E-state index in [4.69, 9.17) is 27.9 Å². The summed E-state index contributed by atoms with van der Waals surface area (Å²) >= 11 is 12.1. The van der Waals surface area contributed by atoms with Crippen LogP contribution in [0.1, 0.15) is 23.2 Å². The number of amides is 1. The summed E-state index contributed by atoms with van der Waals surface area (Å²) in [5.41, 5.74) is 1.15. The fourth-order valence-electron chi connectivity index (χ4n) is 2.49. The number of carbonyl (C=O) groups is 1. The molecule has 7 heteroatoms. The minimum atomic E-state index is -0.159. The van der Waals surface area contributed by atoms with Gasteiger partial charge in [-0.15, -0.1) is 0 Å². The van der Waals surface area contributed by atoms with Crippen molar-refractivity contribution < 1.29 is 9.53 Å². The Kier molecular flexibility index (Phi) is 5.56. The van der Waals surface area contributed by atoms with Crippen LogP contribution >= 0.6 is 23.2 Å². The van der Waals surface area contributed by atoms with Gasteiger partial charge in [0.25, 0.3) is 5.91 Å². The number of hydrogen-bond donors (Lipinski definition) is 2. The smallest absolute Gasteiger partial charge is 0.251 e. The van der Waals surface area contributed by atoms with Crippen molar-refractivity contribution in [1.29, 1.82) is 0 Å². The second-order valence-corrected chi connectivity index (χ2v) is 6.29. The summed E-state index contributed by atoms with van der Waals surface area (Å²) in [6.45, 7) is 1.29. The van der Waals surface area contributed by atoms with Crippen molar-refractivity contribution in [3.8, 4) is 0 Å². The second kappa shape index (κ2) is 7.83. The van der Waals surface area contributed by atoms with Crippen molar-refractivity contribution >= 4 is 40.6 Å². The van der Waals surface area contributed by atoms with Gasteiger partial charge in [0.05, 0.1) is 21.8 Å². The molecule has 24 heavy (non-hydrogen) atoms. The molecule has 2 N–H and O–H groups in total. The van der Waals surface area contributed by atoms with Crippen molar-refractivity contribution in [2.24, 2.45) is 0 Å². The summed E-state index contributed by atoms with van der Waals surface area (Å²) in [7, 11) is 0.